The van der Waals surface area contributed by atoms with Crippen LogP contribution in [0, 0.1) is 18.4 Å². The number of hydrogen-bond donors (Lipinski definition) is 4. The average molecular weight is 971 g/mol. The quantitative estimate of drug-likeness (QED) is 0.00647. The number of nitrogen functional groups attached to an aromatic ring is 1. The molecule has 60 heavy (non-hydrogen) atoms. The van der Waals surface area contributed by atoms with Crippen LogP contribution in [0.15, 0.2) is 78.3 Å². The van der Waals surface area contributed by atoms with E-state index in [4.69, 9.17) is 5.73 Å². The van der Waals surface area contributed by atoms with E-state index in [1.807, 2.05) is 0 Å². The monoisotopic (exact) mass is 970 g/mol. The summed E-state index contributed by atoms with van der Waals surface area (Å²) in [5.41, 5.74) is 6.24. The molecule has 0 amide bonds. The van der Waals surface area contributed by atoms with Gasteiger partial charge in [0.05, 0.1) is 73.1 Å². The first-order chi connectivity index (χ1) is 25.9. The van der Waals surface area contributed by atoms with Crippen molar-refractivity contribution in [2.45, 2.75) is 26.5 Å². The fraction of sp³-hybridized carbons (Fsp3) is 0.120. The maximum atomic E-state index is 12.8. The van der Waals surface area contributed by atoms with Gasteiger partial charge in [-0.25, -0.2) is 25.3 Å². The van der Waals surface area contributed by atoms with E-state index in [1.54, 1.807) is 13.1 Å². The zero-order chi connectivity index (χ0) is 40.4. The van der Waals surface area contributed by atoms with Crippen LogP contribution in [0.3, 0.4) is 0 Å². The molecule has 0 radical (unpaired) electrons. The normalized spacial score (nSPS) is 11.1. The molecule has 0 spiro atoms. The molecule has 3 aromatic carbocycles. The van der Waals surface area contributed by atoms with Gasteiger partial charge in [-0.05, 0) is 55.0 Å². The first-order valence-electron chi connectivity index (χ1n) is 14.0. The van der Waals surface area contributed by atoms with Gasteiger partial charge in [0.1, 0.15) is 15.8 Å². The van der Waals surface area contributed by atoms with E-state index in [0.717, 1.165) is 24.3 Å². The molecule has 4 rings (SSSR count). The Balaban J connectivity index is 0. The Morgan fingerprint density at radius 3 is 1.88 bits per heavy atom. The molecule has 0 saturated carbocycles. The van der Waals surface area contributed by atoms with Crippen LogP contribution < -0.4 is 150 Å². The van der Waals surface area contributed by atoms with Crippen LogP contribution in [-0.4, -0.2) is 67.1 Å². The Bertz CT molecular complexity index is 2480. The number of aromatic nitrogens is 3. The van der Waals surface area contributed by atoms with Gasteiger partial charge in [0.25, 0.3) is 0 Å². The van der Waals surface area contributed by atoms with Crippen molar-refractivity contribution in [1.82, 2.24) is 15.0 Å². The number of nitrogens with zero attached hydrogens (tertiary/aromatic N) is 6. The number of nitriles is 1. The van der Waals surface area contributed by atoms with E-state index in [0.29, 0.717) is 29.6 Å². The number of sulfone groups is 1. The van der Waals surface area contributed by atoms with Gasteiger partial charge < -0.3 is 41.5 Å². The molecular formula is C25H22N10Na4O16S5. The largest absolute Gasteiger partial charge is 1.00 e. The van der Waals surface area contributed by atoms with Crippen LogP contribution in [-0.2, 0) is 53.3 Å². The minimum absolute atomic E-state index is 0. The zero-order valence-corrected chi connectivity index (χ0v) is 43.5. The van der Waals surface area contributed by atoms with Gasteiger partial charge in [-0.2, -0.15) is 34.0 Å². The Morgan fingerprint density at radius 1 is 0.767 bits per heavy atom. The third kappa shape index (κ3) is 19.1. The van der Waals surface area contributed by atoms with Crippen molar-refractivity contribution >= 4 is 101 Å². The van der Waals surface area contributed by atoms with Gasteiger partial charge in [-0.3, -0.25) is 19.6 Å². The molecule has 1 heterocycles. The number of hydrogen-bond acceptors (Lipinski definition) is 27. The summed E-state index contributed by atoms with van der Waals surface area (Å²) in [6.07, 6.45) is 1.61. The molecule has 0 unspecified atom stereocenters. The minimum Gasteiger partial charge on any atom is -0.744 e. The van der Waals surface area contributed by atoms with Gasteiger partial charge in [-0.1, -0.05) is 6.07 Å². The molecule has 4 aromatic rings. The molecule has 0 saturated heterocycles. The second kappa shape index (κ2) is 28.1. The number of azo groups is 1. The number of nitrogens with one attached hydrogen (secondary N) is 3. The second-order valence-electron chi connectivity index (χ2n) is 9.95. The van der Waals surface area contributed by atoms with Gasteiger partial charge in [-0.15, -0.1) is 5.11 Å². The summed E-state index contributed by atoms with van der Waals surface area (Å²) < 4.78 is 105. The minimum atomic E-state index is -5.14. The third-order valence-electron chi connectivity index (χ3n) is 6.35. The average Bonchev–Trinajstić information content (AvgIpc) is 3.09. The smallest absolute Gasteiger partial charge is 0.744 e. The van der Waals surface area contributed by atoms with Crippen molar-refractivity contribution in [2.75, 3.05) is 34.0 Å². The molecular weight excluding hydrogens is 949 g/mol. The fourth-order valence-corrected chi connectivity index (χ4v) is 6.81. The van der Waals surface area contributed by atoms with Crippen LogP contribution in [0.1, 0.15) is 5.56 Å². The van der Waals surface area contributed by atoms with E-state index >= 15 is 0 Å². The van der Waals surface area contributed by atoms with Crippen LogP contribution in [0.4, 0.5) is 46.3 Å². The van der Waals surface area contributed by atoms with Crippen molar-refractivity contribution in [3.63, 3.8) is 0 Å². The van der Waals surface area contributed by atoms with Gasteiger partial charge in [0.2, 0.25) is 28.2 Å². The third-order valence-corrected chi connectivity index (χ3v) is 10.6. The topological polar surface area (TPSA) is 422 Å². The van der Waals surface area contributed by atoms with E-state index < -0.39 is 47.6 Å². The van der Waals surface area contributed by atoms with E-state index in [2.05, 4.69) is 64.1 Å². The van der Waals surface area contributed by atoms with Crippen LogP contribution in [0.25, 0.3) is 0 Å². The summed E-state index contributed by atoms with van der Waals surface area (Å²) in [4.78, 5) is 11.3. The SMILES string of the molecule is Cc1ccc(S(=O)(=O)CCOS(=O)(=O)[O-])cc1N=Nc1cc(SOO[O-])c(N)cc1Nc1nc(NC#N)nc(Nc2cc(S(=O)(=O)[O-])ccc2SOO[O-])n1.O.[Na+].[Na+].[Na+].[Na+]. The summed E-state index contributed by atoms with van der Waals surface area (Å²) in [6, 6.07) is 9.14. The Hall–Kier alpha value is -0.890. The van der Waals surface area contributed by atoms with Crippen LogP contribution in [0.2, 0.25) is 0 Å². The van der Waals surface area contributed by atoms with Gasteiger partial charge >= 0.3 is 118 Å². The molecule has 1 aromatic heterocycles. The van der Waals surface area contributed by atoms with Crippen molar-refractivity contribution in [2.24, 2.45) is 10.2 Å². The summed E-state index contributed by atoms with van der Waals surface area (Å²) in [6.45, 7) is 0.629. The fourth-order valence-electron chi connectivity index (χ4n) is 3.97. The van der Waals surface area contributed by atoms with Gasteiger partial charge in [0.15, 0.2) is 16.0 Å². The molecule has 0 bridgehead atoms. The number of anilines is 6. The van der Waals surface area contributed by atoms with E-state index in [1.165, 1.54) is 24.3 Å². The molecule has 35 heteroatoms. The molecule has 26 nitrogen and oxygen atoms in total. The van der Waals surface area contributed by atoms with E-state index in [-0.39, 0.29) is 185 Å². The van der Waals surface area contributed by atoms with Crippen LogP contribution in [0.5, 0.6) is 0 Å². The number of aryl methyl sites for hydroxylation is 1. The zero-order valence-electron chi connectivity index (χ0n) is 31.5. The summed E-state index contributed by atoms with van der Waals surface area (Å²) in [5.74, 6) is -1.95. The molecule has 302 valence electrons. The van der Waals surface area contributed by atoms with Crippen molar-refractivity contribution in [1.29, 1.82) is 5.26 Å². The predicted molar refractivity (Wildman–Crippen MR) is 184 cm³/mol. The molecule has 7 N–H and O–H groups in total. The number of rotatable bonds is 19. The standard InChI is InChI=1S/C25H24N10O15S5.4Na.H2O/c1-13-2-3-14(53(38,39)7-6-46-55(43,44)45)8-17(13)34-35-19-11-22(52-50-48-37)16(27)10-18(19)29-24-31-23(28-12-26)32-25(33-24)30-20-9-15(54(40,41)42)4-5-21(20)51-49-47-36;;;;;/h2-5,8-11,36-37H,6-7,27H2,1H3,(H,40,41,42)(H,43,44,45)(H3,28,29,30,31,32,33);;;;;1H2/q;4*+1;/p-4. The first-order valence-corrected chi connectivity index (χ1v) is 19.9. The second-order valence-corrected chi connectivity index (χ2v) is 16.0. The maximum absolute atomic E-state index is 12.8. The molecule has 0 aliphatic carbocycles. The van der Waals surface area contributed by atoms with Crippen molar-refractivity contribution in [3.05, 3.63) is 54.1 Å². The summed E-state index contributed by atoms with van der Waals surface area (Å²) in [7, 11) is -14.3. The maximum Gasteiger partial charge on any atom is 1.00 e. The summed E-state index contributed by atoms with van der Waals surface area (Å²) >= 11 is 0.720. The molecule has 0 aliphatic heterocycles. The number of benzene rings is 3. The Morgan fingerprint density at radius 2 is 1.32 bits per heavy atom. The van der Waals surface area contributed by atoms with Gasteiger partial charge in [0, 0.05) is 5.69 Å². The first kappa shape index (κ1) is 61.2. The predicted octanol–water partition coefficient (Wildman–Crippen LogP) is -11.6. The van der Waals surface area contributed by atoms with Crippen LogP contribution >= 0.6 is 24.1 Å². The van der Waals surface area contributed by atoms with Crippen molar-refractivity contribution in [3.8, 4) is 6.19 Å². The number of nitrogens with two attached hydrogens (primary N) is 1. The Labute approximate surface area is 437 Å². The molecule has 0 aliphatic rings. The summed E-state index contributed by atoms with van der Waals surface area (Å²) in [5, 5.41) is 52.7. The molecule has 0 fully saturated rings. The Kier molecular flexibility index (Phi) is 28.7. The molecule has 0 atom stereocenters. The van der Waals surface area contributed by atoms with E-state index in [9.17, 15) is 50.1 Å². The van der Waals surface area contributed by atoms with Crippen molar-refractivity contribution < 1.29 is 192 Å².